The van der Waals surface area contributed by atoms with Crippen molar-refractivity contribution >= 4 is 5.91 Å². The number of carbonyl (C=O) groups excluding carboxylic acids is 1. The van der Waals surface area contributed by atoms with Gasteiger partial charge in [-0.1, -0.05) is 5.57 Å². The lowest BCUT2D eigenvalue weighted by Gasteiger charge is -2.05. The topological polar surface area (TPSA) is 20.3 Å². The van der Waals surface area contributed by atoms with Crippen molar-refractivity contribution in [2.45, 2.75) is 13.8 Å². The van der Waals surface area contributed by atoms with Crippen LogP contribution in [0.3, 0.4) is 0 Å². The van der Waals surface area contributed by atoms with Crippen molar-refractivity contribution in [3.05, 3.63) is 11.6 Å². The van der Waals surface area contributed by atoms with Gasteiger partial charge in [-0.05, 0) is 13.8 Å². The third-order valence-electron chi connectivity index (χ3n) is 0.853. The van der Waals surface area contributed by atoms with Crippen LogP contribution in [0.2, 0.25) is 0 Å². The van der Waals surface area contributed by atoms with Crippen molar-refractivity contribution in [1.29, 1.82) is 0 Å². The van der Waals surface area contributed by atoms with Gasteiger partial charge in [-0.3, -0.25) is 4.79 Å². The molecule has 0 fully saturated rings. The van der Waals surface area contributed by atoms with E-state index in [1.54, 1.807) is 25.1 Å². The van der Waals surface area contributed by atoms with E-state index in [2.05, 4.69) is 0 Å². The quantitative estimate of drug-likeness (QED) is 0.482. The third-order valence-corrected chi connectivity index (χ3v) is 0.853. The molecule has 1 amide bonds. The lowest BCUT2D eigenvalue weighted by molar-refractivity contribution is -0.123. The van der Waals surface area contributed by atoms with Crippen LogP contribution in [0.25, 0.3) is 0 Å². The van der Waals surface area contributed by atoms with E-state index < -0.39 is 0 Å². The van der Waals surface area contributed by atoms with E-state index in [1.807, 2.05) is 13.8 Å². The van der Waals surface area contributed by atoms with E-state index in [4.69, 9.17) is 0 Å². The lowest BCUT2D eigenvalue weighted by Crippen LogP contribution is -2.19. The maximum atomic E-state index is 10.8. The third kappa shape index (κ3) is 3.76. The van der Waals surface area contributed by atoms with E-state index in [1.165, 1.54) is 0 Å². The van der Waals surface area contributed by atoms with Crippen LogP contribution in [-0.2, 0) is 4.79 Å². The highest BCUT2D eigenvalue weighted by atomic mass is 16.2. The van der Waals surface area contributed by atoms with Crippen molar-refractivity contribution in [3.63, 3.8) is 0 Å². The molecule has 2 heteroatoms. The Labute approximate surface area is 56.2 Å². The number of rotatable bonds is 1. The van der Waals surface area contributed by atoms with E-state index >= 15 is 0 Å². The molecule has 0 unspecified atom stereocenters. The van der Waals surface area contributed by atoms with Gasteiger partial charge in [0, 0.05) is 20.2 Å². The molecule has 0 spiro atoms. The van der Waals surface area contributed by atoms with Gasteiger partial charge in [0.1, 0.15) is 0 Å². The summed E-state index contributed by atoms with van der Waals surface area (Å²) in [7, 11) is 3.48. The molecular formula is C7H13NO. The highest BCUT2D eigenvalue weighted by molar-refractivity contribution is 5.87. The molecule has 0 heterocycles. The van der Waals surface area contributed by atoms with Crippen molar-refractivity contribution in [2.75, 3.05) is 14.1 Å². The summed E-state index contributed by atoms with van der Waals surface area (Å²) in [5, 5.41) is 0. The molecule has 0 saturated heterocycles. The molecule has 0 aromatic carbocycles. The molecule has 0 aliphatic heterocycles. The first-order valence-corrected chi connectivity index (χ1v) is 2.90. The molecule has 52 valence electrons. The van der Waals surface area contributed by atoms with E-state index in [9.17, 15) is 4.79 Å². The fourth-order valence-corrected chi connectivity index (χ4v) is 0.376. The molecule has 0 atom stereocenters. The summed E-state index contributed by atoms with van der Waals surface area (Å²) < 4.78 is 0. The molecule has 0 aromatic rings. The van der Waals surface area contributed by atoms with Crippen LogP contribution in [0.4, 0.5) is 0 Å². The fourth-order valence-electron chi connectivity index (χ4n) is 0.376. The minimum Gasteiger partial charge on any atom is -0.345 e. The van der Waals surface area contributed by atoms with Gasteiger partial charge in [-0.25, -0.2) is 0 Å². The van der Waals surface area contributed by atoms with Crippen molar-refractivity contribution < 1.29 is 4.79 Å². The van der Waals surface area contributed by atoms with Crippen LogP contribution < -0.4 is 0 Å². The summed E-state index contributed by atoms with van der Waals surface area (Å²) in [4.78, 5) is 12.4. The maximum absolute atomic E-state index is 10.8. The van der Waals surface area contributed by atoms with Gasteiger partial charge in [0.25, 0.3) is 0 Å². The number of hydrogen-bond acceptors (Lipinski definition) is 1. The van der Waals surface area contributed by atoms with Crippen LogP contribution in [0.1, 0.15) is 13.8 Å². The second-order valence-electron chi connectivity index (χ2n) is 2.45. The maximum Gasteiger partial charge on any atom is 0.245 e. The highest BCUT2D eigenvalue weighted by Crippen LogP contribution is 1.89. The van der Waals surface area contributed by atoms with Gasteiger partial charge in [0.05, 0.1) is 0 Å². The van der Waals surface area contributed by atoms with Gasteiger partial charge >= 0.3 is 0 Å². The highest BCUT2D eigenvalue weighted by Gasteiger charge is 1.95. The number of amides is 1. The average Bonchev–Trinajstić information content (AvgIpc) is 1.63. The lowest BCUT2D eigenvalue weighted by atomic mass is 10.3. The largest absolute Gasteiger partial charge is 0.345 e. The predicted octanol–water partition coefficient (Wildman–Crippen LogP) is 1.04. The Bertz CT molecular complexity index is 132. The molecule has 2 nitrogen and oxygen atoms in total. The number of carbonyl (C=O) groups is 1. The smallest absolute Gasteiger partial charge is 0.245 e. The first kappa shape index (κ1) is 8.21. The second-order valence-corrected chi connectivity index (χ2v) is 2.45. The Balaban J connectivity index is 3.93. The molecule has 0 aliphatic carbocycles. The van der Waals surface area contributed by atoms with E-state index in [-0.39, 0.29) is 5.91 Å². The number of allylic oxidation sites excluding steroid dienone is 1. The molecule has 0 saturated carbocycles. The SMILES string of the molecule is CC(C)=CC(=O)N(C)C. The molecule has 0 radical (unpaired) electrons. The van der Waals surface area contributed by atoms with Gasteiger partial charge in [-0.15, -0.1) is 0 Å². The van der Waals surface area contributed by atoms with Crippen LogP contribution in [-0.4, -0.2) is 24.9 Å². The zero-order valence-corrected chi connectivity index (χ0v) is 6.43. The standard InChI is InChI=1S/C7H13NO/c1-6(2)5-7(9)8(3)4/h5H,1-4H3. The molecule has 0 N–H and O–H groups in total. The predicted molar refractivity (Wildman–Crippen MR) is 38.1 cm³/mol. The monoisotopic (exact) mass is 127 g/mol. The van der Waals surface area contributed by atoms with Gasteiger partial charge < -0.3 is 4.90 Å². The van der Waals surface area contributed by atoms with Gasteiger partial charge in [0.15, 0.2) is 0 Å². The summed E-state index contributed by atoms with van der Waals surface area (Å²) in [5.74, 6) is 0.0509. The molecule has 0 aromatic heterocycles. The molecule has 0 aliphatic rings. The Kier molecular flexibility index (Phi) is 2.99. The van der Waals surface area contributed by atoms with Crippen LogP contribution in [0.5, 0.6) is 0 Å². The summed E-state index contributed by atoms with van der Waals surface area (Å²) in [6.45, 7) is 3.81. The Morgan fingerprint density at radius 3 is 1.89 bits per heavy atom. The van der Waals surface area contributed by atoms with Crippen molar-refractivity contribution in [2.24, 2.45) is 0 Å². The van der Waals surface area contributed by atoms with Crippen LogP contribution in [0, 0.1) is 0 Å². The second kappa shape index (κ2) is 3.28. The van der Waals surface area contributed by atoms with Gasteiger partial charge in [0.2, 0.25) is 5.91 Å². The summed E-state index contributed by atoms with van der Waals surface area (Å²) in [5.41, 5.74) is 1.04. The molecule has 9 heavy (non-hydrogen) atoms. The Morgan fingerprint density at radius 1 is 1.33 bits per heavy atom. The molecular weight excluding hydrogens is 114 g/mol. The average molecular weight is 127 g/mol. The number of nitrogens with zero attached hydrogens (tertiary/aromatic N) is 1. The van der Waals surface area contributed by atoms with Crippen molar-refractivity contribution in [1.82, 2.24) is 4.90 Å². The first-order chi connectivity index (χ1) is 4.04. The summed E-state index contributed by atoms with van der Waals surface area (Å²) in [6.07, 6.45) is 1.61. The summed E-state index contributed by atoms with van der Waals surface area (Å²) >= 11 is 0. The Morgan fingerprint density at radius 2 is 1.78 bits per heavy atom. The first-order valence-electron chi connectivity index (χ1n) is 2.90. The minimum atomic E-state index is 0.0509. The zero-order chi connectivity index (χ0) is 7.44. The number of hydrogen-bond donors (Lipinski definition) is 0. The normalized spacial score (nSPS) is 8.44. The minimum absolute atomic E-state index is 0.0509. The van der Waals surface area contributed by atoms with Gasteiger partial charge in [-0.2, -0.15) is 0 Å². The molecule has 0 rings (SSSR count). The van der Waals surface area contributed by atoms with Crippen molar-refractivity contribution in [3.8, 4) is 0 Å². The molecule has 0 bridgehead atoms. The van der Waals surface area contributed by atoms with Crippen LogP contribution >= 0.6 is 0 Å². The number of likely N-dealkylation sites (N-methyl/N-ethyl adjacent to an activating group) is 1. The van der Waals surface area contributed by atoms with E-state index in [0.29, 0.717) is 0 Å². The van der Waals surface area contributed by atoms with Crippen LogP contribution in [0.15, 0.2) is 11.6 Å². The zero-order valence-electron chi connectivity index (χ0n) is 6.43. The van der Waals surface area contributed by atoms with E-state index in [0.717, 1.165) is 5.57 Å². The Hall–Kier alpha value is -0.790. The fraction of sp³-hybridized carbons (Fsp3) is 0.571. The summed E-state index contributed by atoms with van der Waals surface area (Å²) in [6, 6.07) is 0.